The maximum Gasteiger partial charge on any atom is 0.241 e. The van der Waals surface area contributed by atoms with Crippen molar-refractivity contribution in [3.05, 3.63) is 22.2 Å². The molecule has 90 valence electrons. The molecular formula is C9H11BrFNO3S. The zero-order valence-corrected chi connectivity index (χ0v) is 10.9. The normalized spacial score (nSPS) is 11.5. The number of benzene rings is 1. The molecule has 0 spiro atoms. The minimum atomic E-state index is -3.89. The van der Waals surface area contributed by atoms with Crippen molar-refractivity contribution in [2.75, 3.05) is 13.3 Å². The van der Waals surface area contributed by atoms with Gasteiger partial charge in [-0.15, -0.1) is 0 Å². The molecule has 4 nitrogen and oxygen atoms in total. The Morgan fingerprint density at radius 1 is 1.50 bits per heavy atom. The molecule has 0 heterocycles. The maximum atomic E-state index is 12.0. The number of hydrogen-bond donors (Lipinski definition) is 1. The van der Waals surface area contributed by atoms with Crippen molar-refractivity contribution in [1.82, 2.24) is 0 Å². The van der Waals surface area contributed by atoms with Crippen LogP contribution >= 0.6 is 15.9 Å². The summed E-state index contributed by atoms with van der Waals surface area (Å²) >= 11 is 3.16. The summed E-state index contributed by atoms with van der Waals surface area (Å²) in [5.41, 5.74) is 0.576. The van der Waals surface area contributed by atoms with Crippen LogP contribution in [-0.2, 0) is 10.0 Å². The lowest BCUT2D eigenvalue weighted by Gasteiger charge is -2.12. The van der Waals surface area contributed by atoms with Crippen LogP contribution in [0.4, 0.5) is 4.39 Å². The zero-order chi connectivity index (χ0) is 12.3. The molecule has 1 aromatic carbocycles. The Morgan fingerprint density at radius 2 is 2.12 bits per heavy atom. The molecule has 2 N–H and O–H groups in total. The van der Waals surface area contributed by atoms with Crippen LogP contribution in [0.15, 0.2) is 21.5 Å². The van der Waals surface area contributed by atoms with Crippen LogP contribution < -0.4 is 9.88 Å². The molecule has 0 bridgehead atoms. The molecule has 0 saturated carbocycles. The van der Waals surface area contributed by atoms with Crippen LogP contribution in [0, 0.1) is 6.92 Å². The van der Waals surface area contributed by atoms with Gasteiger partial charge in [-0.05, 0) is 24.6 Å². The predicted octanol–water partition coefficient (Wildman–Crippen LogP) is 1.75. The van der Waals surface area contributed by atoms with Crippen molar-refractivity contribution in [1.29, 1.82) is 0 Å². The van der Waals surface area contributed by atoms with Gasteiger partial charge in [0.2, 0.25) is 10.0 Å². The van der Waals surface area contributed by atoms with Crippen molar-refractivity contribution >= 4 is 26.0 Å². The number of aryl methyl sites for hydroxylation is 1. The average Bonchev–Trinajstić information content (AvgIpc) is 2.14. The van der Waals surface area contributed by atoms with E-state index in [0.717, 1.165) is 0 Å². The summed E-state index contributed by atoms with van der Waals surface area (Å²) in [5.74, 6) is 0.100. The van der Waals surface area contributed by atoms with Gasteiger partial charge in [-0.25, -0.2) is 17.9 Å². The average molecular weight is 312 g/mol. The molecule has 0 saturated heterocycles. The largest absolute Gasteiger partial charge is 0.489 e. The van der Waals surface area contributed by atoms with E-state index >= 15 is 0 Å². The number of nitrogens with two attached hydrogens (primary N) is 1. The summed E-state index contributed by atoms with van der Waals surface area (Å²) in [6.45, 7) is 0.761. The smallest absolute Gasteiger partial charge is 0.241 e. The highest BCUT2D eigenvalue weighted by atomic mass is 79.9. The first-order chi connectivity index (χ1) is 7.36. The van der Waals surface area contributed by atoms with Gasteiger partial charge in [0.1, 0.15) is 23.9 Å². The second-order valence-corrected chi connectivity index (χ2v) is 5.58. The van der Waals surface area contributed by atoms with Crippen LogP contribution in [0.25, 0.3) is 0 Å². The van der Waals surface area contributed by atoms with Gasteiger partial charge in [0.15, 0.2) is 0 Å². The Bertz CT molecular complexity index is 490. The zero-order valence-electron chi connectivity index (χ0n) is 8.54. The predicted molar refractivity (Wildman–Crippen MR) is 61.7 cm³/mol. The standard InChI is InChI=1S/C9H11BrFNO3S/c1-6-4-7(10)5-8(16(12,13)14)9(6)15-3-2-11/h4-5H,2-3H2,1H3,(H2,12,13,14). The van der Waals surface area contributed by atoms with Crippen LogP contribution in [0.1, 0.15) is 5.56 Å². The van der Waals surface area contributed by atoms with Crippen LogP contribution in [-0.4, -0.2) is 21.7 Å². The first-order valence-electron chi connectivity index (χ1n) is 4.38. The molecular weight excluding hydrogens is 301 g/mol. The van der Waals surface area contributed by atoms with E-state index < -0.39 is 16.7 Å². The molecule has 0 fully saturated rings. The fraction of sp³-hybridized carbons (Fsp3) is 0.333. The number of primary sulfonamides is 1. The Morgan fingerprint density at radius 3 is 2.62 bits per heavy atom. The van der Waals surface area contributed by atoms with Crippen molar-refractivity contribution in [2.24, 2.45) is 5.14 Å². The summed E-state index contributed by atoms with van der Waals surface area (Å²) in [4.78, 5) is -0.146. The second kappa shape index (κ2) is 5.11. The lowest BCUT2D eigenvalue weighted by atomic mass is 10.2. The number of hydrogen-bond acceptors (Lipinski definition) is 3. The lowest BCUT2D eigenvalue weighted by Crippen LogP contribution is -2.15. The van der Waals surface area contributed by atoms with Crippen LogP contribution in [0.2, 0.25) is 0 Å². The molecule has 7 heteroatoms. The highest BCUT2D eigenvalue weighted by molar-refractivity contribution is 9.10. The van der Waals surface area contributed by atoms with Gasteiger partial charge >= 0.3 is 0 Å². The van der Waals surface area contributed by atoms with Crippen molar-refractivity contribution in [3.8, 4) is 5.75 Å². The number of halogens is 2. The van der Waals surface area contributed by atoms with E-state index in [2.05, 4.69) is 15.9 Å². The Hall–Kier alpha value is -0.660. The highest BCUT2D eigenvalue weighted by Gasteiger charge is 2.18. The molecule has 1 aromatic rings. The molecule has 0 aliphatic rings. The SMILES string of the molecule is Cc1cc(Br)cc(S(N)(=O)=O)c1OCCF. The molecule has 0 unspecified atom stereocenters. The van der Waals surface area contributed by atoms with E-state index in [4.69, 9.17) is 9.88 Å². The van der Waals surface area contributed by atoms with Gasteiger partial charge in [0.05, 0.1) is 0 Å². The Balaban J connectivity index is 3.33. The Labute approximate surface area is 102 Å². The summed E-state index contributed by atoms with van der Waals surface area (Å²) < 4.78 is 40.2. The topological polar surface area (TPSA) is 69.4 Å². The minimum Gasteiger partial charge on any atom is -0.489 e. The van der Waals surface area contributed by atoms with Crippen molar-refractivity contribution in [3.63, 3.8) is 0 Å². The fourth-order valence-corrected chi connectivity index (χ4v) is 2.73. The molecule has 1 rings (SSSR count). The number of rotatable bonds is 4. The number of ether oxygens (including phenoxy) is 1. The van der Waals surface area contributed by atoms with E-state index in [0.29, 0.717) is 10.0 Å². The quantitative estimate of drug-likeness (QED) is 0.921. The molecule has 0 aromatic heterocycles. The van der Waals surface area contributed by atoms with E-state index in [-0.39, 0.29) is 17.3 Å². The fourth-order valence-electron chi connectivity index (χ4n) is 1.24. The highest BCUT2D eigenvalue weighted by Crippen LogP contribution is 2.30. The van der Waals surface area contributed by atoms with Crippen LogP contribution in [0.5, 0.6) is 5.75 Å². The third kappa shape index (κ3) is 3.16. The number of sulfonamides is 1. The molecule has 0 atom stereocenters. The van der Waals surface area contributed by atoms with Gasteiger partial charge in [0.25, 0.3) is 0 Å². The first kappa shape index (κ1) is 13.4. The molecule has 0 aliphatic carbocycles. The monoisotopic (exact) mass is 311 g/mol. The molecule has 0 amide bonds. The van der Waals surface area contributed by atoms with Gasteiger partial charge in [0, 0.05) is 4.47 Å². The first-order valence-corrected chi connectivity index (χ1v) is 6.72. The van der Waals surface area contributed by atoms with E-state index in [9.17, 15) is 12.8 Å². The lowest BCUT2D eigenvalue weighted by molar-refractivity contribution is 0.266. The second-order valence-electron chi connectivity index (χ2n) is 3.13. The van der Waals surface area contributed by atoms with Gasteiger partial charge in [-0.1, -0.05) is 15.9 Å². The molecule has 16 heavy (non-hydrogen) atoms. The minimum absolute atomic E-state index is 0.100. The Kier molecular flexibility index (Phi) is 4.28. The molecule has 0 radical (unpaired) electrons. The van der Waals surface area contributed by atoms with Crippen LogP contribution in [0.3, 0.4) is 0 Å². The number of alkyl halides is 1. The maximum absolute atomic E-state index is 12.0. The van der Waals surface area contributed by atoms with E-state index in [1.165, 1.54) is 6.07 Å². The van der Waals surface area contributed by atoms with Crippen molar-refractivity contribution in [2.45, 2.75) is 11.8 Å². The van der Waals surface area contributed by atoms with E-state index in [1.54, 1.807) is 13.0 Å². The summed E-state index contributed by atoms with van der Waals surface area (Å²) in [5, 5.41) is 5.04. The summed E-state index contributed by atoms with van der Waals surface area (Å²) in [6, 6.07) is 3.00. The summed E-state index contributed by atoms with van der Waals surface area (Å²) in [6.07, 6.45) is 0. The van der Waals surface area contributed by atoms with Gasteiger partial charge in [-0.2, -0.15) is 0 Å². The van der Waals surface area contributed by atoms with Crippen molar-refractivity contribution < 1.29 is 17.5 Å². The molecule has 0 aliphatic heterocycles. The van der Waals surface area contributed by atoms with Gasteiger partial charge in [-0.3, -0.25) is 0 Å². The third-order valence-electron chi connectivity index (χ3n) is 1.84. The van der Waals surface area contributed by atoms with Gasteiger partial charge < -0.3 is 4.74 Å². The summed E-state index contributed by atoms with van der Waals surface area (Å²) in [7, 11) is -3.89. The van der Waals surface area contributed by atoms with E-state index in [1.807, 2.05) is 0 Å². The third-order valence-corrected chi connectivity index (χ3v) is 3.21.